The molecule has 0 rings (SSSR count). The average Bonchev–Trinajstić information content (AvgIpc) is 2.82. The van der Waals surface area contributed by atoms with Crippen molar-refractivity contribution in [1.29, 1.82) is 0 Å². The van der Waals surface area contributed by atoms with Crippen LogP contribution in [-0.2, 0) is 9.59 Å². The van der Waals surface area contributed by atoms with E-state index < -0.39 is 5.97 Å². The topological polar surface area (TPSA) is 69.2 Å². The van der Waals surface area contributed by atoms with E-state index in [0.717, 1.165) is 19.3 Å². The summed E-state index contributed by atoms with van der Waals surface area (Å²) in [5.41, 5.74) is 0. The maximum atomic E-state index is 11.9. The monoisotopic (exact) mass is 510 g/mol. The third kappa shape index (κ3) is 27.5. The number of rotatable bonds is 28. The summed E-state index contributed by atoms with van der Waals surface area (Å²) in [5, 5.41) is 13.7. The molecular weight excluding hydrogens is 448 g/mol. The molecule has 0 spiro atoms. The van der Waals surface area contributed by atoms with Gasteiger partial charge >= 0.3 is 0 Å². The minimum absolute atomic E-state index is 0.00733. The second-order valence-corrected chi connectivity index (χ2v) is 11.7. The smallest absolute Gasteiger partial charge is 0.219 e. The predicted octanol–water partition coefficient (Wildman–Crippen LogP) is 6.92. The Kier molecular flexibility index (Phi) is 24.8. The van der Waals surface area contributed by atoms with Gasteiger partial charge in [0.15, 0.2) is 0 Å². The number of likely N-dealkylation sites (N-methyl/N-ethyl adjacent to an activating group) is 1. The van der Waals surface area contributed by atoms with Crippen LogP contribution in [-0.4, -0.2) is 50.1 Å². The van der Waals surface area contributed by atoms with E-state index in [-0.39, 0.29) is 12.5 Å². The van der Waals surface area contributed by atoms with Crippen LogP contribution in [0.3, 0.4) is 0 Å². The van der Waals surface area contributed by atoms with Crippen molar-refractivity contribution in [2.45, 2.75) is 155 Å². The van der Waals surface area contributed by atoms with E-state index in [1.807, 2.05) is 14.1 Å². The van der Waals surface area contributed by atoms with Gasteiger partial charge in [0.1, 0.15) is 6.54 Å². The van der Waals surface area contributed by atoms with Crippen LogP contribution in [0, 0.1) is 0 Å². The standard InChI is InChI=1S/C31H62N2O3/c1-4-5-6-7-8-9-10-11-12-13-14-15-16-17-18-19-20-21-22-23-24-26-30(34)32-27-25-28-33(2,3)29-31(35)36/h4-29H2,1-3H3,(H-,32,34,35,36). The third-order valence-corrected chi connectivity index (χ3v) is 7.33. The van der Waals surface area contributed by atoms with Gasteiger partial charge in [-0.1, -0.05) is 135 Å². The van der Waals surface area contributed by atoms with Gasteiger partial charge in [-0.25, -0.2) is 0 Å². The first-order chi connectivity index (χ1) is 17.4. The lowest BCUT2D eigenvalue weighted by Crippen LogP contribution is -2.49. The molecule has 0 saturated heterocycles. The molecule has 0 aliphatic heterocycles. The molecule has 0 aromatic heterocycles. The number of nitrogens with zero attached hydrogens (tertiary/aromatic N) is 1. The summed E-state index contributed by atoms with van der Waals surface area (Å²) in [6.07, 6.45) is 30.2. The number of unbranched alkanes of at least 4 members (excludes halogenated alkanes) is 20. The Morgan fingerprint density at radius 3 is 1.31 bits per heavy atom. The molecule has 0 aliphatic carbocycles. The average molecular weight is 511 g/mol. The molecule has 36 heavy (non-hydrogen) atoms. The number of hydrogen-bond acceptors (Lipinski definition) is 3. The van der Waals surface area contributed by atoms with Crippen molar-refractivity contribution >= 4 is 11.9 Å². The quantitative estimate of drug-likeness (QED) is 0.0917. The molecule has 0 radical (unpaired) electrons. The van der Waals surface area contributed by atoms with Crippen LogP contribution in [0.25, 0.3) is 0 Å². The number of carbonyl (C=O) groups excluding carboxylic acids is 2. The van der Waals surface area contributed by atoms with Crippen LogP contribution in [0.1, 0.15) is 155 Å². The highest BCUT2D eigenvalue weighted by Crippen LogP contribution is 2.15. The normalized spacial score (nSPS) is 11.6. The number of hydrogen-bond donors (Lipinski definition) is 1. The number of carboxylic acid groups (broad SMARTS) is 1. The fourth-order valence-electron chi connectivity index (χ4n) is 4.97. The number of amides is 1. The second-order valence-electron chi connectivity index (χ2n) is 11.7. The fourth-order valence-corrected chi connectivity index (χ4v) is 4.97. The van der Waals surface area contributed by atoms with Crippen molar-refractivity contribution < 1.29 is 19.2 Å². The molecule has 0 unspecified atom stereocenters. The molecule has 1 N–H and O–H groups in total. The van der Waals surface area contributed by atoms with Crippen molar-refractivity contribution in [2.75, 3.05) is 33.7 Å². The van der Waals surface area contributed by atoms with E-state index >= 15 is 0 Å². The van der Waals surface area contributed by atoms with Crippen LogP contribution in [0.15, 0.2) is 0 Å². The van der Waals surface area contributed by atoms with Crippen molar-refractivity contribution in [1.82, 2.24) is 5.32 Å². The van der Waals surface area contributed by atoms with Gasteiger partial charge in [-0.15, -0.1) is 0 Å². The largest absolute Gasteiger partial charge is 0.544 e. The van der Waals surface area contributed by atoms with Crippen molar-refractivity contribution in [3.05, 3.63) is 0 Å². The first-order valence-electron chi connectivity index (χ1n) is 15.7. The summed E-state index contributed by atoms with van der Waals surface area (Å²) in [4.78, 5) is 22.6. The molecule has 0 aromatic rings. The maximum Gasteiger partial charge on any atom is 0.219 e. The summed E-state index contributed by atoms with van der Waals surface area (Å²) < 4.78 is 0.387. The zero-order valence-corrected chi connectivity index (χ0v) is 24.6. The zero-order valence-electron chi connectivity index (χ0n) is 24.6. The van der Waals surface area contributed by atoms with Crippen LogP contribution >= 0.6 is 0 Å². The lowest BCUT2D eigenvalue weighted by Gasteiger charge is -2.30. The molecule has 0 aromatic carbocycles. The van der Waals surface area contributed by atoms with Crippen molar-refractivity contribution in [2.24, 2.45) is 0 Å². The van der Waals surface area contributed by atoms with E-state index in [0.29, 0.717) is 24.0 Å². The Labute approximate surface area is 224 Å². The number of carboxylic acids is 1. The Balaban J connectivity index is 3.24. The molecule has 5 nitrogen and oxygen atoms in total. The third-order valence-electron chi connectivity index (χ3n) is 7.33. The highest BCUT2D eigenvalue weighted by Gasteiger charge is 2.14. The van der Waals surface area contributed by atoms with E-state index in [4.69, 9.17) is 0 Å². The molecular formula is C31H62N2O3. The molecule has 0 heterocycles. The van der Waals surface area contributed by atoms with Crippen LogP contribution < -0.4 is 10.4 Å². The molecule has 0 saturated carbocycles. The van der Waals surface area contributed by atoms with E-state index in [1.54, 1.807) is 0 Å². The summed E-state index contributed by atoms with van der Waals surface area (Å²) in [6.45, 7) is 3.63. The predicted molar refractivity (Wildman–Crippen MR) is 152 cm³/mol. The van der Waals surface area contributed by atoms with Gasteiger partial charge in [0, 0.05) is 19.4 Å². The summed E-state index contributed by atoms with van der Waals surface area (Å²) in [6, 6.07) is 0. The Morgan fingerprint density at radius 2 is 0.944 bits per heavy atom. The summed E-state index contributed by atoms with van der Waals surface area (Å²) in [7, 11) is 3.75. The van der Waals surface area contributed by atoms with Gasteiger partial charge in [-0.05, 0) is 6.42 Å². The first kappa shape index (κ1) is 34.9. The fraction of sp³-hybridized carbons (Fsp3) is 0.935. The molecule has 1 amide bonds. The molecule has 5 heteroatoms. The van der Waals surface area contributed by atoms with Gasteiger partial charge in [-0.2, -0.15) is 0 Å². The minimum Gasteiger partial charge on any atom is -0.544 e. The molecule has 0 atom stereocenters. The van der Waals surface area contributed by atoms with E-state index in [9.17, 15) is 14.7 Å². The number of quaternary nitrogens is 1. The summed E-state index contributed by atoms with van der Waals surface area (Å²) >= 11 is 0. The number of nitrogens with one attached hydrogen (secondary N) is 1. The molecule has 0 bridgehead atoms. The Morgan fingerprint density at radius 1 is 0.583 bits per heavy atom. The van der Waals surface area contributed by atoms with E-state index in [1.165, 1.54) is 122 Å². The lowest BCUT2D eigenvalue weighted by molar-refractivity contribution is -0.884. The molecule has 0 aliphatic rings. The van der Waals surface area contributed by atoms with Gasteiger partial charge < -0.3 is 19.7 Å². The Hall–Kier alpha value is -1.10. The number of carbonyl (C=O) groups is 2. The highest BCUT2D eigenvalue weighted by molar-refractivity contribution is 5.75. The second kappa shape index (κ2) is 25.5. The van der Waals surface area contributed by atoms with Crippen LogP contribution in [0.2, 0.25) is 0 Å². The minimum atomic E-state index is -1.03. The summed E-state index contributed by atoms with van der Waals surface area (Å²) in [5.74, 6) is -0.906. The zero-order chi connectivity index (χ0) is 26.7. The van der Waals surface area contributed by atoms with E-state index in [2.05, 4.69) is 12.2 Å². The van der Waals surface area contributed by atoms with Gasteiger partial charge in [0.25, 0.3) is 0 Å². The van der Waals surface area contributed by atoms with Crippen molar-refractivity contribution in [3.63, 3.8) is 0 Å². The van der Waals surface area contributed by atoms with Gasteiger partial charge in [0.2, 0.25) is 5.91 Å². The molecule has 0 fully saturated rings. The Bertz CT molecular complexity index is 508. The van der Waals surface area contributed by atoms with Gasteiger partial charge in [-0.3, -0.25) is 4.79 Å². The van der Waals surface area contributed by atoms with Crippen LogP contribution in [0.4, 0.5) is 0 Å². The van der Waals surface area contributed by atoms with Crippen molar-refractivity contribution in [3.8, 4) is 0 Å². The molecule has 214 valence electrons. The lowest BCUT2D eigenvalue weighted by atomic mass is 10.0. The first-order valence-corrected chi connectivity index (χ1v) is 15.7. The highest BCUT2D eigenvalue weighted by atomic mass is 16.4. The van der Waals surface area contributed by atoms with Gasteiger partial charge in [0.05, 0.1) is 26.6 Å². The number of aliphatic carboxylic acids is 1. The SMILES string of the molecule is CCCCCCCCCCCCCCCCCCCCCCCC(=O)NCCC[N+](C)(C)CC(=O)[O-]. The van der Waals surface area contributed by atoms with Crippen LogP contribution in [0.5, 0.6) is 0 Å². The maximum absolute atomic E-state index is 11.9.